The molecule has 4 aromatic rings. The van der Waals surface area contributed by atoms with Crippen LogP contribution >= 0.6 is 0 Å². The summed E-state index contributed by atoms with van der Waals surface area (Å²) in [5.41, 5.74) is -1.26. The number of alkyl halides is 3. The molecule has 1 aliphatic rings. The fourth-order valence-electron chi connectivity index (χ4n) is 8.56. The highest BCUT2D eigenvalue weighted by Gasteiger charge is 2.43. The Kier molecular flexibility index (Phi) is 26.5. The molecule has 1 fully saturated rings. The number of likely N-dealkylation sites (tertiary alicyclic amines) is 1. The van der Waals surface area contributed by atoms with E-state index in [-0.39, 0.29) is 95.9 Å². The molecule has 26 nitrogen and oxygen atoms in total. The minimum atomic E-state index is -5.34. The Morgan fingerprint density at radius 1 is 0.855 bits per heavy atom. The predicted molar refractivity (Wildman–Crippen MR) is 290 cm³/mol. The highest BCUT2D eigenvalue weighted by Crippen LogP contribution is 2.27. The quantitative estimate of drug-likeness (QED) is 0.0377. The number of carbonyl (C=O) groups is 8. The molecule has 5 amide bonds. The Morgan fingerprint density at radius 2 is 1.55 bits per heavy atom. The molecule has 4 heterocycles. The number of ether oxygens (including phenoxy) is 5. The number of Topliss-reactive ketones (excluding diaryl/α,β-unsaturated/α-hetero) is 1. The molecule has 29 heteroatoms. The van der Waals surface area contributed by atoms with Crippen LogP contribution in [0, 0.1) is 5.92 Å². The number of unbranched alkanes of at least 4 members (excludes halogenated alkanes) is 1. The largest absolute Gasteiger partial charge is 0.471 e. The number of hydrogen-bond acceptors (Lipinski definition) is 19. The number of aromatic amines is 1. The summed E-state index contributed by atoms with van der Waals surface area (Å²) in [6, 6.07) is 3.18. The van der Waals surface area contributed by atoms with Crippen molar-refractivity contribution < 1.29 is 75.2 Å². The lowest BCUT2D eigenvalue weighted by Gasteiger charge is -2.24. The van der Waals surface area contributed by atoms with Gasteiger partial charge in [0.1, 0.15) is 17.9 Å². The lowest BCUT2D eigenvalue weighted by atomic mass is 10.0. The molecular weight excluding hydrogens is 1100 g/mol. The number of fused-ring (bicyclic) bond motifs is 1. The standard InChI is InChI=1S/C54H73F3N12O14/c1-6-38-29-41(83-45(73)21-20-43(71)58-4)33-68(38)44(72)13-9-11-36-31-67(66-65-36)22-10-24-81-26-28-82-27-25-80-23-8-7-12-40(70)18-19-42(51(77)79-5)61-49(75)35-14-16-39(17-15-35)69(52(78)54(55,56)57)32-37-30-59-47-46(60-37)50(76)64-53(62-47)63-48(74)34(2)3/h14-17,30-31,34,38,41-42H,6-13,18-29,32-33H2,1-5H3,(H,58,71)(H,61,75)(H2,59,62,63,64,74,76)/t38-,41-,42+/m1/s1. The number of H-pyrrole nitrogens is 1. The first kappa shape index (κ1) is 66.0. The summed E-state index contributed by atoms with van der Waals surface area (Å²) >= 11 is 0. The number of rotatable bonds is 35. The summed E-state index contributed by atoms with van der Waals surface area (Å²) in [4.78, 5) is 129. The van der Waals surface area contributed by atoms with Crippen LogP contribution in [-0.4, -0.2) is 172 Å². The average molecular weight is 1170 g/mol. The first-order valence-electron chi connectivity index (χ1n) is 27.5. The zero-order valence-corrected chi connectivity index (χ0v) is 47.3. The number of aryl methyl sites for hydroxylation is 2. The molecule has 0 saturated carbocycles. The Labute approximate surface area is 476 Å². The smallest absolute Gasteiger partial charge is 0.467 e. The van der Waals surface area contributed by atoms with E-state index < -0.39 is 59.9 Å². The van der Waals surface area contributed by atoms with Gasteiger partial charge in [0.15, 0.2) is 11.2 Å². The van der Waals surface area contributed by atoms with Crippen molar-refractivity contribution in [3.63, 3.8) is 0 Å². The van der Waals surface area contributed by atoms with Crippen LogP contribution in [0.5, 0.6) is 0 Å². The maximum absolute atomic E-state index is 13.8. The Balaban J connectivity index is 0.912. The molecule has 0 aliphatic carbocycles. The van der Waals surface area contributed by atoms with Gasteiger partial charge in [-0.15, -0.1) is 5.10 Å². The zero-order valence-electron chi connectivity index (χ0n) is 47.3. The van der Waals surface area contributed by atoms with Gasteiger partial charge in [-0.25, -0.2) is 14.8 Å². The van der Waals surface area contributed by atoms with Gasteiger partial charge in [-0.1, -0.05) is 26.0 Å². The van der Waals surface area contributed by atoms with Gasteiger partial charge in [0.25, 0.3) is 11.5 Å². The minimum absolute atomic E-state index is 0.00437. The van der Waals surface area contributed by atoms with Gasteiger partial charge in [-0.2, -0.15) is 18.2 Å². The molecule has 0 radical (unpaired) electrons. The van der Waals surface area contributed by atoms with Gasteiger partial charge in [-0.05, 0) is 69.2 Å². The second-order valence-electron chi connectivity index (χ2n) is 19.8. The van der Waals surface area contributed by atoms with E-state index in [4.69, 9.17) is 23.7 Å². The summed E-state index contributed by atoms with van der Waals surface area (Å²) in [5, 5.41) is 15.8. The number of aromatic nitrogens is 7. The van der Waals surface area contributed by atoms with Crippen LogP contribution in [0.2, 0.25) is 0 Å². The first-order chi connectivity index (χ1) is 39.7. The number of ketones is 1. The number of nitrogens with one attached hydrogen (secondary N) is 4. The third-order valence-corrected chi connectivity index (χ3v) is 13.1. The van der Waals surface area contributed by atoms with E-state index >= 15 is 0 Å². The number of carbonyl (C=O) groups excluding carboxylic acids is 8. The van der Waals surface area contributed by atoms with Gasteiger partial charge in [0.05, 0.1) is 70.6 Å². The number of hydrogen-bond donors (Lipinski definition) is 4. The molecule has 1 saturated heterocycles. The summed E-state index contributed by atoms with van der Waals surface area (Å²) < 4.78 is 70.5. The topological polar surface area (TPSA) is 328 Å². The number of nitrogens with zero attached hydrogens (tertiary/aromatic N) is 8. The van der Waals surface area contributed by atoms with Crippen molar-refractivity contribution in [3.8, 4) is 0 Å². The number of esters is 2. The molecular formula is C54H73F3N12O14. The maximum Gasteiger partial charge on any atom is 0.471 e. The van der Waals surface area contributed by atoms with Gasteiger partial charge in [0, 0.05) is 88.3 Å². The molecule has 1 aromatic carbocycles. The SMILES string of the molecule is CC[C@@H]1C[C@@H](OC(=O)CCC(=O)NC)CN1C(=O)CCCc1cn(CCCOCCOCCOCCCCC(=O)CC[C@H](NC(=O)c2ccc(N(Cc3cnc4nc(NC(=O)C(C)C)[nH]c(=O)c4n3)C(=O)C(F)(F)F)cc2)C(=O)OC)nn1. The van der Waals surface area contributed by atoms with Gasteiger partial charge in [-0.3, -0.25) is 58.2 Å². The third kappa shape index (κ3) is 21.8. The van der Waals surface area contributed by atoms with Crippen LogP contribution in [0.1, 0.15) is 120 Å². The van der Waals surface area contributed by atoms with E-state index in [9.17, 15) is 56.3 Å². The predicted octanol–water partition coefficient (Wildman–Crippen LogP) is 3.70. The summed E-state index contributed by atoms with van der Waals surface area (Å²) in [5.74, 6) is -5.86. The van der Waals surface area contributed by atoms with E-state index in [1.165, 1.54) is 7.05 Å². The lowest BCUT2D eigenvalue weighted by molar-refractivity contribution is -0.170. The number of halogens is 3. The zero-order chi connectivity index (χ0) is 60.5. The van der Waals surface area contributed by atoms with E-state index in [2.05, 4.69) is 46.2 Å². The van der Waals surface area contributed by atoms with E-state index in [0.717, 1.165) is 49.7 Å². The molecule has 5 rings (SSSR count). The van der Waals surface area contributed by atoms with Crippen molar-refractivity contribution in [3.05, 3.63) is 64.0 Å². The number of amides is 5. The second-order valence-corrected chi connectivity index (χ2v) is 19.8. The monoisotopic (exact) mass is 1170 g/mol. The van der Waals surface area contributed by atoms with Crippen molar-refractivity contribution in [2.24, 2.45) is 5.92 Å². The van der Waals surface area contributed by atoms with Crippen molar-refractivity contribution >= 4 is 70.1 Å². The normalized spacial score (nSPS) is 14.5. The second kappa shape index (κ2) is 33.3. The van der Waals surface area contributed by atoms with Crippen LogP contribution < -0.4 is 26.4 Å². The molecule has 0 spiro atoms. The highest BCUT2D eigenvalue weighted by atomic mass is 19.4. The number of anilines is 2. The number of benzene rings is 1. The van der Waals surface area contributed by atoms with Crippen molar-refractivity contribution in [1.82, 2.24) is 50.5 Å². The molecule has 0 bridgehead atoms. The van der Waals surface area contributed by atoms with Crippen LogP contribution in [-0.2, 0) is 76.8 Å². The maximum atomic E-state index is 13.8. The van der Waals surface area contributed by atoms with E-state index in [1.807, 2.05) is 13.1 Å². The van der Waals surface area contributed by atoms with Crippen molar-refractivity contribution in [1.29, 1.82) is 0 Å². The van der Waals surface area contributed by atoms with Gasteiger partial charge >= 0.3 is 24.0 Å². The molecule has 83 heavy (non-hydrogen) atoms. The third-order valence-electron chi connectivity index (χ3n) is 13.1. The first-order valence-corrected chi connectivity index (χ1v) is 27.5. The Bertz CT molecular complexity index is 2890. The summed E-state index contributed by atoms with van der Waals surface area (Å²) in [7, 11) is 2.62. The highest BCUT2D eigenvalue weighted by molar-refractivity contribution is 6.00. The van der Waals surface area contributed by atoms with E-state index in [0.29, 0.717) is 103 Å². The van der Waals surface area contributed by atoms with Crippen LogP contribution in [0.3, 0.4) is 0 Å². The molecule has 454 valence electrons. The average Bonchev–Trinajstić information content (AvgIpc) is 4.20. The number of methoxy groups -OCH3 is 1. The van der Waals surface area contributed by atoms with Crippen molar-refractivity contribution in [2.45, 2.75) is 142 Å². The Morgan fingerprint density at radius 3 is 2.22 bits per heavy atom. The molecule has 3 aromatic heterocycles. The fourth-order valence-corrected chi connectivity index (χ4v) is 8.56. The molecule has 4 N–H and O–H groups in total. The fraction of sp³-hybridized carbons (Fsp3) is 0.593. The summed E-state index contributed by atoms with van der Waals surface area (Å²) in [6.07, 6.45) is 1.88. The molecule has 0 unspecified atom stereocenters. The minimum Gasteiger partial charge on any atom is -0.467 e. The van der Waals surface area contributed by atoms with Crippen LogP contribution in [0.15, 0.2) is 41.5 Å². The van der Waals surface area contributed by atoms with Gasteiger partial charge < -0.3 is 39.2 Å². The Hall–Kier alpha value is -7.79. The van der Waals surface area contributed by atoms with E-state index in [1.54, 1.807) is 23.4 Å². The van der Waals surface area contributed by atoms with Crippen molar-refractivity contribution in [2.75, 3.05) is 70.6 Å². The van der Waals surface area contributed by atoms with Gasteiger partial charge in [0.2, 0.25) is 23.7 Å². The molecule has 3 atom stereocenters. The summed E-state index contributed by atoms with van der Waals surface area (Å²) in [6.45, 7) is 7.70. The molecule has 1 aliphatic heterocycles. The van der Waals surface area contributed by atoms with Crippen LogP contribution in [0.25, 0.3) is 11.2 Å². The van der Waals surface area contributed by atoms with Crippen LogP contribution in [0.4, 0.5) is 24.8 Å². The lowest BCUT2D eigenvalue weighted by Crippen LogP contribution is -2.42.